The van der Waals surface area contributed by atoms with Crippen molar-refractivity contribution in [2.45, 2.75) is 19.9 Å². The summed E-state index contributed by atoms with van der Waals surface area (Å²) in [5, 5.41) is 6.52. The third-order valence-electron chi connectivity index (χ3n) is 2.42. The highest BCUT2D eigenvalue weighted by molar-refractivity contribution is 5.90. The van der Waals surface area contributed by atoms with E-state index in [4.69, 9.17) is 4.74 Å². The summed E-state index contributed by atoms with van der Waals surface area (Å²) in [4.78, 5) is 17.7. The van der Waals surface area contributed by atoms with Crippen molar-refractivity contribution in [3.05, 3.63) is 11.6 Å². The summed E-state index contributed by atoms with van der Waals surface area (Å²) in [5.74, 6) is 0.760. The van der Waals surface area contributed by atoms with Crippen LogP contribution in [0.2, 0.25) is 0 Å². The second kappa shape index (κ2) is 3.98. The van der Waals surface area contributed by atoms with Crippen LogP contribution in [0.25, 0.3) is 0 Å². The van der Waals surface area contributed by atoms with Crippen LogP contribution in [0.4, 0.5) is 0 Å². The first kappa shape index (κ1) is 10.1. The van der Waals surface area contributed by atoms with Crippen LogP contribution in [-0.2, 0) is 4.74 Å². The maximum Gasteiger partial charge on any atom is 0.293 e. The van der Waals surface area contributed by atoms with Gasteiger partial charge in [-0.2, -0.15) is 0 Å². The zero-order valence-electron chi connectivity index (χ0n) is 8.86. The molecule has 0 aromatic carbocycles. The van der Waals surface area contributed by atoms with E-state index in [2.05, 4.69) is 15.2 Å². The molecule has 2 heterocycles. The maximum atomic E-state index is 11.9. The predicted molar refractivity (Wildman–Crippen MR) is 52.4 cm³/mol. The van der Waals surface area contributed by atoms with Crippen molar-refractivity contribution >= 4 is 5.91 Å². The molecular weight excluding hydrogens is 196 g/mol. The smallest absolute Gasteiger partial charge is 0.293 e. The van der Waals surface area contributed by atoms with E-state index >= 15 is 0 Å². The number of hydrogen-bond acceptors (Lipinski definition) is 4. The number of rotatable bonds is 1. The lowest BCUT2D eigenvalue weighted by Gasteiger charge is -2.32. The Morgan fingerprint density at radius 2 is 2.47 bits per heavy atom. The first-order valence-electron chi connectivity index (χ1n) is 4.96. The second-order valence-electron chi connectivity index (χ2n) is 3.67. The molecule has 1 fully saturated rings. The van der Waals surface area contributed by atoms with Gasteiger partial charge in [0, 0.05) is 6.54 Å². The van der Waals surface area contributed by atoms with E-state index in [1.54, 1.807) is 11.8 Å². The van der Waals surface area contributed by atoms with Gasteiger partial charge < -0.3 is 9.64 Å². The molecule has 2 rings (SSSR count). The fraction of sp³-hybridized carbons (Fsp3) is 0.667. The Balaban J connectivity index is 2.13. The number of morpholine rings is 1. The van der Waals surface area contributed by atoms with Crippen LogP contribution in [0.1, 0.15) is 23.4 Å². The minimum Gasteiger partial charge on any atom is -0.377 e. The summed E-state index contributed by atoms with van der Waals surface area (Å²) in [6.45, 7) is 5.49. The zero-order valence-corrected chi connectivity index (χ0v) is 8.86. The zero-order chi connectivity index (χ0) is 10.8. The number of aryl methyl sites for hydroxylation is 1. The quantitative estimate of drug-likeness (QED) is 0.706. The molecule has 82 valence electrons. The normalized spacial score (nSPS) is 21.7. The molecule has 1 saturated heterocycles. The summed E-state index contributed by atoms with van der Waals surface area (Å²) in [5.41, 5.74) is 0. The molecule has 0 radical (unpaired) electrons. The Hall–Kier alpha value is -1.43. The molecular formula is C9H14N4O2. The molecule has 1 aliphatic heterocycles. The van der Waals surface area contributed by atoms with Gasteiger partial charge in [0.2, 0.25) is 5.82 Å². The number of hydrogen-bond donors (Lipinski definition) is 1. The fourth-order valence-corrected chi connectivity index (χ4v) is 1.60. The number of H-pyrrole nitrogens is 1. The highest BCUT2D eigenvalue weighted by Gasteiger charge is 2.26. The first-order chi connectivity index (χ1) is 7.18. The summed E-state index contributed by atoms with van der Waals surface area (Å²) in [7, 11) is 0. The molecule has 15 heavy (non-hydrogen) atoms. The van der Waals surface area contributed by atoms with Gasteiger partial charge in [0.25, 0.3) is 5.91 Å². The molecule has 0 saturated carbocycles. The molecule has 1 atom stereocenters. The van der Waals surface area contributed by atoms with Gasteiger partial charge in [0.1, 0.15) is 5.82 Å². The molecule has 0 spiro atoms. The van der Waals surface area contributed by atoms with Crippen molar-refractivity contribution in [3.63, 3.8) is 0 Å². The van der Waals surface area contributed by atoms with Gasteiger partial charge in [-0.3, -0.25) is 9.89 Å². The number of amides is 1. The van der Waals surface area contributed by atoms with Gasteiger partial charge in [-0.25, -0.2) is 4.98 Å². The summed E-state index contributed by atoms with van der Waals surface area (Å²) in [6.07, 6.45) is 0. The molecule has 0 bridgehead atoms. The van der Waals surface area contributed by atoms with Gasteiger partial charge in [-0.05, 0) is 13.8 Å². The molecule has 6 heteroatoms. The number of ether oxygens (including phenoxy) is 1. The average Bonchev–Trinajstić information content (AvgIpc) is 2.65. The topological polar surface area (TPSA) is 71.1 Å². The summed E-state index contributed by atoms with van der Waals surface area (Å²) < 4.78 is 5.26. The number of aromatic amines is 1. The fourth-order valence-electron chi connectivity index (χ4n) is 1.60. The predicted octanol–water partition coefficient (Wildman–Crippen LogP) is -0.0260. The van der Waals surface area contributed by atoms with E-state index in [-0.39, 0.29) is 17.8 Å². The van der Waals surface area contributed by atoms with E-state index in [9.17, 15) is 4.79 Å². The van der Waals surface area contributed by atoms with Crippen molar-refractivity contribution in [3.8, 4) is 0 Å². The Labute approximate surface area is 87.6 Å². The van der Waals surface area contributed by atoms with Crippen molar-refractivity contribution in [1.82, 2.24) is 20.1 Å². The van der Waals surface area contributed by atoms with Crippen molar-refractivity contribution < 1.29 is 9.53 Å². The van der Waals surface area contributed by atoms with Crippen LogP contribution in [0.3, 0.4) is 0 Å². The van der Waals surface area contributed by atoms with E-state index in [0.29, 0.717) is 25.6 Å². The summed E-state index contributed by atoms with van der Waals surface area (Å²) in [6, 6.07) is 0.0880. The first-order valence-corrected chi connectivity index (χ1v) is 4.96. The van der Waals surface area contributed by atoms with Crippen LogP contribution >= 0.6 is 0 Å². The Kier molecular flexibility index (Phi) is 2.68. The third-order valence-corrected chi connectivity index (χ3v) is 2.42. The minimum atomic E-state index is -0.129. The Morgan fingerprint density at radius 3 is 3.07 bits per heavy atom. The van der Waals surface area contributed by atoms with Gasteiger partial charge in [0.05, 0.1) is 19.3 Å². The van der Waals surface area contributed by atoms with Crippen molar-refractivity contribution in [2.75, 3.05) is 19.8 Å². The highest BCUT2D eigenvalue weighted by Crippen LogP contribution is 2.09. The molecule has 1 aromatic heterocycles. The van der Waals surface area contributed by atoms with Crippen LogP contribution in [-0.4, -0.2) is 51.8 Å². The molecule has 1 amide bonds. The van der Waals surface area contributed by atoms with Crippen LogP contribution in [0.15, 0.2) is 0 Å². The average molecular weight is 210 g/mol. The van der Waals surface area contributed by atoms with Crippen molar-refractivity contribution in [1.29, 1.82) is 0 Å². The molecule has 1 aromatic rings. The maximum absolute atomic E-state index is 11.9. The third kappa shape index (κ3) is 1.99. The number of nitrogens with one attached hydrogen (secondary N) is 1. The highest BCUT2D eigenvalue weighted by atomic mass is 16.5. The molecule has 0 aliphatic carbocycles. The lowest BCUT2D eigenvalue weighted by Crippen LogP contribution is -2.47. The lowest BCUT2D eigenvalue weighted by atomic mass is 10.2. The Morgan fingerprint density at radius 1 is 1.67 bits per heavy atom. The molecule has 6 nitrogen and oxygen atoms in total. The SMILES string of the molecule is Cc1nc(C(=O)N2CCOC[C@H]2C)n[nH]1. The van der Waals surface area contributed by atoms with Crippen LogP contribution < -0.4 is 0 Å². The molecule has 1 aliphatic rings. The molecule has 0 unspecified atom stereocenters. The van der Waals surface area contributed by atoms with Gasteiger partial charge >= 0.3 is 0 Å². The number of aromatic nitrogens is 3. The molecule has 1 N–H and O–H groups in total. The van der Waals surface area contributed by atoms with Gasteiger partial charge in [0.15, 0.2) is 0 Å². The van der Waals surface area contributed by atoms with E-state index in [1.807, 2.05) is 6.92 Å². The number of carbonyl (C=O) groups is 1. The largest absolute Gasteiger partial charge is 0.377 e. The van der Waals surface area contributed by atoms with E-state index in [0.717, 1.165) is 0 Å². The van der Waals surface area contributed by atoms with E-state index < -0.39 is 0 Å². The lowest BCUT2D eigenvalue weighted by molar-refractivity contribution is 0.00294. The number of nitrogens with zero attached hydrogens (tertiary/aromatic N) is 3. The monoisotopic (exact) mass is 210 g/mol. The van der Waals surface area contributed by atoms with E-state index in [1.165, 1.54) is 0 Å². The standard InChI is InChI=1S/C9H14N4O2/c1-6-5-15-4-3-13(6)9(14)8-10-7(2)11-12-8/h6H,3-5H2,1-2H3,(H,10,11,12)/t6-/m1/s1. The minimum absolute atomic E-state index is 0.0880. The van der Waals surface area contributed by atoms with Gasteiger partial charge in [-0.1, -0.05) is 0 Å². The Bertz CT molecular complexity index is 363. The second-order valence-corrected chi connectivity index (χ2v) is 3.67. The van der Waals surface area contributed by atoms with Crippen LogP contribution in [0, 0.1) is 6.92 Å². The van der Waals surface area contributed by atoms with Crippen LogP contribution in [0.5, 0.6) is 0 Å². The van der Waals surface area contributed by atoms with Crippen molar-refractivity contribution in [2.24, 2.45) is 0 Å². The number of carbonyl (C=O) groups excluding carboxylic acids is 1. The van der Waals surface area contributed by atoms with Gasteiger partial charge in [-0.15, -0.1) is 5.10 Å². The summed E-state index contributed by atoms with van der Waals surface area (Å²) >= 11 is 0.